The van der Waals surface area contributed by atoms with Crippen molar-refractivity contribution < 1.29 is 14.7 Å². The second kappa shape index (κ2) is 9.88. The van der Waals surface area contributed by atoms with Crippen LogP contribution in [-0.4, -0.2) is 30.1 Å². The number of aliphatic carboxylic acids is 1. The van der Waals surface area contributed by atoms with E-state index in [1.165, 1.54) is 0 Å². The Bertz CT molecular complexity index is 255. The van der Waals surface area contributed by atoms with Crippen LogP contribution in [0.25, 0.3) is 0 Å². The van der Waals surface area contributed by atoms with Crippen molar-refractivity contribution in [3.63, 3.8) is 0 Å². The van der Waals surface area contributed by atoms with Crippen molar-refractivity contribution >= 4 is 11.9 Å². The molecule has 0 radical (unpaired) electrons. The number of carbonyl (C=O) groups is 2. The number of carboxylic acids is 1. The Labute approximate surface area is 109 Å². The number of rotatable bonds is 10. The van der Waals surface area contributed by atoms with Crippen molar-refractivity contribution in [3.8, 4) is 0 Å². The van der Waals surface area contributed by atoms with Gasteiger partial charge in [0.05, 0.1) is 5.92 Å². The largest absolute Gasteiger partial charge is 0.481 e. The van der Waals surface area contributed by atoms with Crippen LogP contribution in [0.5, 0.6) is 0 Å². The topological polar surface area (TPSA) is 92.4 Å². The first kappa shape index (κ1) is 16.9. The SMILES string of the molecule is CC(C)C(CN)C(=O)NCCCCCCC(=O)O. The van der Waals surface area contributed by atoms with Crippen molar-refractivity contribution in [2.45, 2.75) is 46.0 Å². The number of carbonyl (C=O) groups excluding carboxylic acids is 1. The molecule has 106 valence electrons. The summed E-state index contributed by atoms with van der Waals surface area (Å²) in [5.41, 5.74) is 5.56. The van der Waals surface area contributed by atoms with Crippen molar-refractivity contribution in [2.75, 3.05) is 13.1 Å². The van der Waals surface area contributed by atoms with Crippen LogP contribution < -0.4 is 11.1 Å². The van der Waals surface area contributed by atoms with Gasteiger partial charge in [0.1, 0.15) is 0 Å². The molecule has 0 fully saturated rings. The van der Waals surface area contributed by atoms with Gasteiger partial charge in [-0.3, -0.25) is 9.59 Å². The molecule has 0 aromatic rings. The standard InChI is InChI=1S/C13H26N2O3/c1-10(2)11(9-14)13(18)15-8-6-4-3-5-7-12(16)17/h10-11H,3-9,14H2,1-2H3,(H,15,18)(H,16,17). The third-order valence-electron chi connectivity index (χ3n) is 3.01. The number of nitrogens with one attached hydrogen (secondary N) is 1. The fraction of sp³-hybridized carbons (Fsp3) is 0.846. The summed E-state index contributed by atoms with van der Waals surface area (Å²) in [6.07, 6.45) is 3.67. The second-order valence-electron chi connectivity index (χ2n) is 4.94. The molecule has 1 unspecified atom stereocenters. The zero-order chi connectivity index (χ0) is 14.0. The highest BCUT2D eigenvalue weighted by molar-refractivity contribution is 5.79. The van der Waals surface area contributed by atoms with E-state index in [-0.39, 0.29) is 24.2 Å². The molecule has 5 heteroatoms. The van der Waals surface area contributed by atoms with E-state index >= 15 is 0 Å². The summed E-state index contributed by atoms with van der Waals surface area (Å²) in [6.45, 7) is 5.00. The van der Waals surface area contributed by atoms with Gasteiger partial charge in [-0.05, 0) is 18.8 Å². The predicted molar refractivity (Wildman–Crippen MR) is 71.1 cm³/mol. The van der Waals surface area contributed by atoms with E-state index in [1.54, 1.807) is 0 Å². The van der Waals surface area contributed by atoms with E-state index in [0.717, 1.165) is 19.3 Å². The zero-order valence-corrected chi connectivity index (χ0v) is 11.4. The number of hydrogen-bond donors (Lipinski definition) is 3. The highest BCUT2D eigenvalue weighted by Crippen LogP contribution is 2.09. The van der Waals surface area contributed by atoms with E-state index in [1.807, 2.05) is 13.8 Å². The molecular weight excluding hydrogens is 232 g/mol. The lowest BCUT2D eigenvalue weighted by atomic mass is 9.95. The lowest BCUT2D eigenvalue weighted by Crippen LogP contribution is -2.38. The number of amides is 1. The monoisotopic (exact) mass is 258 g/mol. The van der Waals surface area contributed by atoms with Crippen molar-refractivity contribution in [3.05, 3.63) is 0 Å². The molecule has 0 saturated heterocycles. The number of carboxylic acid groups (broad SMARTS) is 1. The third-order valence-corrected chi connectivity index (χ3v) is 3.01. The van der Waals surface area contributed by atoms with Crippen LogP contribution in [0.4, 0.5) is 0 Å². The van der Waals surface area contributed by atoms with E-state index in [4.69, 9.17) is 10.8 Å². The van der Waals surface area contributed by atoms with Gasteiger partial charge >= 0.3 is 5.97 Å². The molecule has 1 amide bonds. The van der Waals surface area contributed by atoms with E-state index in [0.29, 0.717) is 19.5 Å². The quantitative estimate of drug-likeness (QED) is 0.516. The molecule has 4 N–H and O–H groups in total. The van der Waals surface area contributed by atoms with Crippen molar-refractivity contribution in [1.82, 2.24) is 5.32 Å². The molecule has 0 bridgehead atoms. The predicted octanol–water partition coefficient (Wildman–Crippen LogP) is 1.37. The molecule has 0 heterocycles. The molecule has 5 nitrogen and oxygen atoms in total. The molecule has 0 saturated carbocycles. The summed E-state index contributed by atoms with van der Waals surface area (Å²) < 4.78 is 0. The number of nitrogens with two attached hydrogens (primary N) is 1. The van der Waals surface area contributed by atoms with Gasteiger partial charge in [-0.2, -0.15) is 0 Å². The molecule has 0 rings (SSSR count). The average Bonchev–Trinajstić information content (AvgIpc) is 2.27. The summed E-state index contributed by atoms with van der Waals surface area (Å²) in [6, 6.07) is 0. The molecule has 18 heavy (non-hydrogen) atoms. The van der Waals surface area contributed by atoms with Gasteiger partial charge in [0.2, 0.25) is 5.91 Å². The molecule has 0 aliphatic heterocycles. The number of unbranched alkanes of at least 4 members (excludes halogenated alkanes) is 3. The maximum atomic E-state index is 11.7. The van der Waals surface area contributed by atoms with Crippen LogP contribution >= 0.6 is 0 Å². The molecular formula is C13H26N2O3. The minimum absolute atomic E-state index is 0.0260. The Morgan fingerprint density at radius 3 is 2.28 bits per heavy atom. The van der Waals surface area contributed by atoms with Gasteiger partial charge in [0.15, 0.2) is 0 Å². The normalized spacial score (nSPS) is 12.4. The fourth-order valence-corrected chi connectivity index (χ4v) is 1.78. The van der Waals surface area contributed by atoms with Crippen LogP contribution in [0.2, 0.25) is 0 Å². The second-order valence-corrected chi connectivity index (χ2v) is 4.94. The van der Waals surface area contributed by atoms with Crippen LogP contribution in [-0.2, 0) is 9.59 Å². The highest BCUT2D eigenvalue weighted by atomic mass is 16.4. The van der Waals surface area contributed by atoms with E-state index < -0.39 is 5.97 Å². The van der Waals surface area contributed by atoms with E-state index in [9.17, 15) is 9.59 Å². The summed E-state index contributed by atoms with van der Waals surface area (Å²) in [7, 11) is 0. The summed E-state index contributed by atoms with van der Waals surface area (Å²) >= 11 is 0. The average molecular weight is 258 g/mol. The lowest BCUT2D eigenvalue weighted by molar-refractivity contribution is -0.137. The van der Waals surface area contributed by atoms with Crippen molar-refractivity contribution in [1.29, 1.82) is 0 Å². The van der Waals surface area contributed by atoms with Crippen LogP contribution in [0.3, 0.4) is 0 Å². The minimum atomic E-state index is -0.744. The Kier molecular flexibility index (Phi) is 9.28. The summed E-state index contributed by atoms with van der Waals surface area (Å²) in [4.78, 5) is 22.0. The molecule has 0 spiro atoms. The van der Waals surface area contributed by atoms with Gasteiger partial charge in [0.25, 0.3) is 0 Å². The van der Waals surface area contributed by atoms with Gasteiger partial charge in [0, 0.05) is 19.5 Å². The Morgan fingerprint density at radius 1 is 1.17 bits per heavy atom. The van der Waals surface area contributed by atoms with Crippen LogP contribution in [0.1, 0.15) is 46.0 Å². The van der Waals surface area contributed by atoms with Gasteiger partial charge in [-0.1, -0.05) is 26.7 Å². The third kappa shape index (κ3) is 8.06. The summed E-state index contributed by atoms with van der Waals surface area (Å²) in [5, 5.41) is 11.3. The maximum absolute atomic E-state index is 11.7. The summed E-state index contributed by atoms with van der Waals surface area (Å²) in [5.74, 6) is -0.577. The smallest absolute Gasteiger partial charge is 0.303 e. The molecule has 1 atom stereocenters. The maximum Gasteiger partial charge on any atom is 0.303 e. The van der Waals surface area contributed by atoms with Crippen LogP contribution in [0.15, 0.2) is 0 Å². The molecule has 0 aromatic carbocycles. The zero-order valence-electron chi connectivity index (χ0n) is 11.4. The molecule has 0 aliphatic rings. The molecule has 0 aromatic heterocycles. The molecule has 0 aliphatic carbocycles. The fourth-order valence-electron chi connectivity index (χ4n) is 1.78. The lowest BCUT2D eigenvalue weighted by Gasteiger charge is -2.18. The van der Waals surface area contributed by atoms with Gasteiger partial charge < -0.3 is 16.2 Å². The van der Waals surface area contributed by atoms with Gasteiger partial charge in [-0.25, -0.2) is 0 Å². The van der Waals surface area contributed by atoms with Crippen LogP contribution in [0, 0.1) is 11.8 Å². The van der Waals surface area contributed by atoms with Gasteiger partial charge in [-0.15, -0.1) is 0 Å². The first-order chi connectivity index (χ1) is 8.49. The number of hydrogen-bond acceptors (Lipinski definition) is 3. The first-order valence-corrected chi connectivity index (χ1v) is 6.68. The Hall–Kier alpha value is -1.10. The minimum Gasteiger partial charge on any atom is -0.481 e. The van der Waals surface area contributed by atoms with Crippen molar-refractivity contribution in [2.24, 2.45) is 17.6 Å². The highest BCUT2D eigenvalue weighted by Gasteiger charge is 2.19. The van der Waals surface area contributed by atoms with E-state index in [2.05, 4.69) is 5.32 Å². The first-order valence-electron chi connectivity index (χ1n) is 6.68. The Morgan fingerprint density at radius 2 is 1.78 bits per heavy atom. The Balaban J connectivity index is 3.54.